The lowest BCUT2D eigenvalue weighted by atomic mass is 9.90. The first-order valence-electron chi connectivity index (χ1n) is 6.81. The van der Waals surface area contributed by atoms with Crippen LogP contribution in [-0.2, 0) is 17.9 Å². The van der Waals surface area contributed by atoms with Crippen molar-refractivity contribution in [3.63, 3.8) is 0 Å². The van der Waals surface area contributed by atoms with Gasteiger partial charge in [0.15, 0.2) is 0 Å². The molecule has 0 aliphatic carbocycles. The molecule has 2 heterocycles. The summed E-state index contributed by atoms with van der Waals surface area (Å²) in [5.41, 5.74) is 2.41. The van der Waals surface area contributed by atoms with Gasteiger partial charge in [-0.25, -0.2) is 0 Å². The fourth-order valence-corrected chi connectivity index (χ4v) is 3.45. The van der Waals surface area contributed by atoms with E-state index in [4.69, 9.17) is 0 Å². The summed E-state index contributed by atoms with van der Waals surface area (Å²) in [5, 5.41) is 5.39. The molecule has 1 aliphatic heterocycles. The monoisotopic (exact) mass is 286 g/mol. The maximum Gasteiger partial charge on any atom is 0.231 e. The number of carbonyl (C=O) groups excluding carboxylic acids is 1. The van der Waals surface area contributed by atoms with Crippen molar-refractivity contribution in [1.29, 1.82) is 0 Å². The number of nitrogens with one attached hydrogen (secondary N) is 1. The zero-order valence-electron chi connectivity index (χ0n) is 11.5. The van der Waals surface area contributed by atoms with Gasteiger partial charge in [-0.1, -0.05) is 30.3 Å². The maximum absolute atomic E-state index is 12.7. The zero-order valence-corrected chi connectivity index (χ0v) is 12.3. The highest BCUT2D eigenvalue weighted by molar-refractivity contribution is 7.09. The van der Waals surface area contributed by atoms with Gasteiger partial charge in [0.05, 0.1) is 12.5 Å². The molecule has 0 fully saturated rings. The quantitative estimate of drug-likeness (QED) is 0.940. The third-order valence-corrected chi connectivity index (χ3v) is 4.60. The Morgan fingerprint density at radius 1 is 1.35 bits per heavy atom. The molecule has 1 atom stereocenters. The van der Waals surface area contributed by atoms with Crippen LogP contribution in [-0.4, -0.2) is 24.4 Å². The smallest absolute Gasteiger partial charge is 0.231 e. The molecule has 0 spiro atoms. The number of hydrogen-bond acceptors (Lipinski definition) is 3. The summed E-state index contributed by atoms with van der Waals surface area (Å²) in [6.45, 7) is 2.27. The van der Waals surface area contributed by atoms with Gasteiger partial charge in [0.2, 0.25) is 5.91 Å². The Balaban J connectivity index is 1.77. The van der Waals surface area contributed by atoms with E-state index in [0.717, 1.165) is 13.1 Å². The van der Waals surface area contributed by atoms with E-state index < -0.39 is 0 Å². The predicted molar refractivity (Wildman–Crippen MR) is 81.7 cm³/mol. The Hall–Kier alpha value is -1.65. The molecule has 2 aromatic rings. The summed E-state index contributed by atoms with van der Waals surface area (Å²) < 4.78 is 0. The van der Waals surface area contributed by atoms with Crippen LogP contribution < -0.4 is 5.32 Å². The van der Waals surface area contributed by atoms with Crippen LogP contribution in [0.25, 0.3) is 0 Å². The summed E-state index contributed by atoms with van der Waals surface area (Å²) in [6.07, 6.45) is 0. The lowest BCUT2D eigenvalue weighted by Crippen LogP contribution is -2.39. The average molecular weight is 286 g/mol. The molecule has 0 saturated heterocycles. The van der Waals surface area contributed by atoms with Crippen molar-refractivity contribution in [2.75, 3.05) is 13.6 Å². The van der Waals surface area contributed by atoms with Crippen LogP contribution in [0.15, 0.2) is 41.8 Å². The number of carbonyl (C=O) groups is 1. The Labute approximate surface area is 123 Å². The molecule has 3 rings (SSSR count). The summed E-state index contributed by atoms with van der Waals surface area (Å²) in [7, 11) is 1.89. The number of fused-ring (bicyclic) bond motifs is 1. The van der Waals surface area contributed by atoms with E-state index in [1.54, 1.807) is 11.3 Å². The fourth-order valence-electron chi connectivity index (χ4n) is 2.70. The van der Waals surface area contributed by atoms with Gasteiger partial charge in [0.25, 0.3) is 0 Å². The van der Waals surface area contributed by atoms with E-state index in [9.17, 15) is 4.79 Å². The highest BCUT2D eigenvalue weighted by atomic mass is 32.1. The van der Waals surface area contributed by atoms with E-state index in [-0.39, 0.29) is 11.8 Å². The Morgan fingerprint density at radius 2 is 2.20 bits per heavy atom. The van der Waals surface area contributed by atoms with Gasteiger partial charge >= 0.3 is 0 Å². The number of rotatable bonds is 3. The first-order valence-corrected chi connectivity index (χ1v) is 7.69. The van der Waals surface area contributed by atoms with E-state index >= 15 is 0 Å². The number of amides is 1. The van der Waals surface area contributed by atoms with Crippen molar-refractivity contribution in [1.82, 2.24) is 10.2 Å². The minimum absolute atomic E-state index is 0.0649. The average Bonchev–Trinajstić information content (AvgIpc) is 2.99. The summed E-state index contributed by atoms with van der Waals surface area (Å²) in [6, 6.07) is 12.3. The number of thiophene rings is 1. The minimum Gasteiger partial charge on any atom is -0.340 e. The molecule has 1 amide bonds. The molecule has 1 aromatic carbocycles. The van der Waals surface area contributed by atoms with Gasteiger partial charge < -0.3 is 10.2 Å². The van der Waals surface area contributed by atoms with Crippen molar-refractivity contribution < 1.29 is 4.79 Å². The third kappa shape index (κ3) is 2.62. The highest BCUT2D eigenvalue weighted by Crippen LogP contribution is 2.26. The van der Waals surface area contributed by atoms with Gasteiger partial charge in [0.1, 0.15) is 0 Å². The van der Waals surface area contributed by atoms with Gasteiger partial charge in [-0.15, -0.1) is 11.3 Å². The predicted octanol–water partition coefficient (Wildman–Crippen LogP) is 2.59. The SMILES string of the molecule is CN(Cc1cccs1)C(=O)C1CNCc2ccccc21. The van der Waals surface area contributed by atoms with Crippen LogP contribution in [0.2, 0.25) is 0 Å². The van der Waals surface area contributed by atoms with Crippen molar-refractivity contribution in [3.05, 3.63) is 57.8 Å². The van der Waals surface area contributed by atoms with Gasteiger partial charge in [-0.3, -0.25) is 4.79 Å². The molecule has 1 aliphatic rings. The molecule has 4 heteroatoms. The number of hydrogen-bond donors (Lipinski definition) is 1. The van der Waals surface area contributed by atoms with Crippen molar-refractivity contribution in [2.45, 2.75) is 19.0 Å². The van der Waals surface area contributed by atoms with Crippen LogP contribution in [0.1, 0.15) is 21.9 Å². The molecule has 0 bridgehead atoms. The second-order valence-electron chi connectivity index (χ2n) is 5.16. The van der Waals surface area contributed by atoms with Crippen molar-refractivity contribution in [3.8, 4) is 0 Å². The largest absolute Gasteiger partial charge is 0.340 e. The molecule has 1 unspecified atom stereocenters. The second-order valence-corrected chi connectivity index (χ2v) is 6.19. The Kier molecular flexibility index (Phi) is 3.85. The van der Waals surface area contributed by atoms with Gasteiger partial charge in [-0.2, -0.15) is 0 Å². The summed E-state index contributed by atoms with van der Waals surface area (Å²) >= 11 is 1.69. The van der Waals surface area contributed by atoms with Crippen molar-refractivity contribution >= 4 is 17.2 Å². The van der Waals surface area contributed by atoms with E-state index in [1.807, 2.05) is 35.5 Å². The molecule has 1 N–H and O–H groups in total. The van der Waals surface area contributed by atoms with Gasteiger partial charge in [0, 0.05) is 25.0 Å². The van der Waals surface area contributed by atoms with Crippen LogP contribution in [0.4, 0.5) is 0 Å². The van der Waals surface area contributed by atoms with Gasteiger partial charge in [-0.05, 0) is 22.6 Å². The van der Waals surface area contributed by atoms with Crippen LogP contribution >= 0.6 is 11.3 Å². The topological polar surface area (TPSA) is 32.3 Å². The number of likely N-dealkylation sites (N-methyl/N-ethyl adjacent to an activating group) is 1. The van der Waals surface area contributed by atoms with E-state index in [2.05, 4.69) is 23.5 Å². The molecule has 0 saturated carbocycles. The fraction of sp³-hybridized carbons (Fsp3) is 0.312. The first kappa shape index (κ1) is 13.3. The van der Waals surface area contributed by atoms with E-state index in [1.165, 1.54) is 16.0 Å². The molecule has 3 nitrogen and oxygen atoms in total. The normalized spacial score (nSPS) is 17.6. The lowest BCUT2D eigenvalue weighted by Gasteiger charge is -2.29. The van der Waals surface area contributed by atoms with Crippen molar-refractivity contribution in [2.24, 2.45) is 0 Å². The number of nitrogens with zero attached hydrogens (tertiary/aromatic N) is 1. The molecule has 0 radical (unpaired) electrons. The third-order valence-electron chi connectivity index (χ3n) is 3.74. The second kappa shape index (κ2) is 5.77. The summed E-state index contributed by atoms with van der Waals surface area (Å²) in [4.78, 5) is 15.7. The molecule has 104 valence electrons. The Bertz CT molecular complexity index is 594. The van der Waals surface area contributed by atoms with E-state index in [0.29, 0.717) is 6.54 Å². The van der Waals surface area contributed by atoms with Crippen LogP contribution in [0.5, 0.6) is 0 Å². The Morgan fingerprint density at radius 3 is 3.00 bits per heavy atom. The lowest BCUT2D eigenvalue weighted by molar-refractivity contribution is -0.132. The maximum atomic E-state index is 12.7. The molecule has 20 heavy (non-hydrogen) atoms. The van der Waals surface area contributed by atoms with Crippen LogP contribution in [0, 0.1) is 0 Å². The molecular formula is C16H18N2OS. The molecule has 1 aromatic heterocycles. The minimum atomic E-state index is -0.0649. The standard InChI is InChI=1S/C16H18N2OS/c1-18(11-13-6-4-8-20-13)16(19)15-10-17-9-12-5-2-3-7-14(12)15/h2-8,15,17H,9-11H2,1H3. The summed E-state index contributed by atoms with van der Waals surface area (Å²) in [5.74, 6) is 0.128. The highest BCUT2D eigenvalue weighted by Gasteiger charge is 2.28. The first-order chi connectivity index (χ1) is 9.75. The number of benzene rings is 1. The molecular weight excluding hydrogens is 268 g/mol. The zero-order chi connectivity index (χ0) is 13.9. The van der Waals surface area contributed by atoms with Crippen LogP contribution in [0.3, 0.4) is 0 Å².